The van der Waals surface area contributed by atoms with Crippen molar-refractivity contribution in [3.8, 4) is 0 Å². The minimum Gasteiger partial charge on any atom is -0.387 e. The lowest BCUT2D eigenvalue weighted by atomic mass is 9.71. The fraction of sp³-hybridized carbons (Fsp3) is 0.440. The fourth-order valence-electron chi connectivity index (χ4n) is 5.27. The van der Waals surface area contributed by atoms with E-state index in [1.807, 2.05) is 53.4 Å². The summed E-state index contributed by atoms with van der Waals surface area (Å²) in [4.78, 5) is 28.9. The van der Waals surface area contributed by atoms with Gasteiger partial charge in [0, 0.05) is 25.8 Å². The van der Waals surface area contributed by atoms with Crippen LogP contribution in [0.15, 0.2) is 54.6 Å². The summed E-state index contributed by atoms with van der Waals surface area (Å²) in [5, 5.41) is 13.5. The summed E-state index contributed by atoms with van der Waals surface area (Å²) in [7, 11) is 1.62. The SMILES string of the molecule is COCCN1C(=O)c2ccccc2[C@H](C(=O)NC[C@@H](O)c2ccccc2)C12CCCC2. The average Bonchev–Trinajstić information content (AvgIpc) is 3.28. The summed E-state index contributed by atoms with van der Waals surface area (Å²) in [5.74, 6) is -0.633. The minimum absolute atomic E-state index is 0.0251. The van der Waals surface area contributed by atoms with Gasteiger partial charge in [-0.05, 0) is 30.0 Å². The molecule has 1 saturated carbocycles. The number of hydrogen-bond donors (Lipinski definition) is 2. The molecule has 1 aliphatic heterocycles. The van der Waals surface area contributed by atoms with E-state index < -0.39 is 17.6 Å². The highest BCUT2D eigenvalue weighted by molar-refractivity contribution is 6.02. The number of aliphatic hydroxyl groups is 1. The van der Waals surface area contributed by atoms with Crippen molar-refractivity contribution in [1.82, 2.24) is 10.2 Å². The van der Waals surface area contributed by atoms with Gasteiger partial charge in [-0.25, -0.2) is 0 Å². The molecular formula is C25H30N2O4. The van der Waals surface area contributed by atoms with E-state index in [9.17, 15) is 14.7 Å². The highest BCUT2D eigenvalue weighted by Crippen LogP contribution is 2.50. The van der Waals surface area contributed by atoms with Crippen LogP contribution in [0.4, 0.5) is 0 Å². The molecule has 6 heteroatoms. The lowest BCUT2D eigenvalue weighted by Gasteiger charge is -2.50. The number of rotatable bonds is 7. The summed E-state index contributed by atoms with van der Waals surface area (Å²) < 4.78 is 5.28. The van der Waals surface area contributed by atoms with Crippen LogP contribution < -0.4 is 5.32 Å². The number of hydrogen-bond acceptors (Lipinski definition) is 4. The maximum Gasteiger partial charge on any atom is 0.254 e. The second-order valence-corrected chi connectivity index (χ2v) is 8.45. The molecule has 1 heterocycles. The summed E-state index contributed by atoms with van der Waals surface area (Å²) >= 11 is 0. The number of nitrogens with one attached hydrogen (secondary N) is 1. The Morgan fingerprint density at radius 1 is 1.16 bits per heavy atom. The second-order valence-electron chi connectivity index (χ2n) is 8.45. The van der Waals surface area contributed by atoms with E-state index in [-0.39, 0.29) is 18.4 Å². The molecule has 0 bridgehead atoms. The lowest BCUT2D eigenvalue weighted by molar-refractivity contribution is -0.127. The van der Waals surface area contributed by atoms with Gasteiger partial charge in [0.25, 0.3) is 5.91 Å². The topological polar surface area (TPSA) is 78.9 Å². The van der Waals surface area contributed by atoms with Gasteiger partial charge in [-0.3, -0.25) is 9.59 Å². The Kier molecular flexibility index (Phi) is 6.39. The molecule has 2 aliphatic rings. The predicted molar refractivity (Wildman–Crippen MR) is 118 cm³/mol. The molecule has 4 rings (SSSR count). The Balaban J connectivity index is 1.65. The first kappa shape index (κ1) is 21.5. The van der Waals surface area contributed by atoms with Gasteiger partial charge in [0.2, 0.25) is 5.91 Å². The van der Waals surface area contributed by atoms with Crippen molar-refractivity contribution in [3.63, 3.8) is 0 Å². The van der Waals surface area contributed by atoms with Gasteiger partial charge >= 0.3 is 0 Å². The van der Waals surface area contributed by atoms with E-state index in [0.717, 1.165) is 36.8 Å². The molecule has 1 aliphatic carbocycles. The van der Waals surface area contributed by atoms with Crippen LogP contribution >= 0.6 is 0 Å². The van der Waals surface area contributed by atoms with Crippen molar-refractivity contribution < 1.29 is 19.4 Å². The zero-order valence-corrected chi connectivity index (χ0v) is 17.9. The second kappa shape index (κ2) is 9.20. The third kappa shape index (κ3) is 3.98. The zero-order chi connectivity index (χ0) is 21.8. The van der Waals surface area contributed by atoms with Crippen molar-refractivity contribution >= 4 is 11.8 Å². The van der Waals surface area contributed by atoms with Crippen LogP contribution in [0.25, 0.3) is 0 Å². The van der Waals surface area contributed by atoms with E-state index in [4.69, 9.17) is 4.74 Å². The number of benzene rings is 2. The van der Waals surface area contributed by atoms with Gasteiger partial charge in [0.1, 0.15) is 0 Å². The van der Waals surface area contributed by atoms with Gasteiger partial charge in [-0.1, -0.05) is 61.4 Å². The first-order valence-electron chi connectivity index (χ1n) is 11.0. The highest BCUT2D eigenvalue weighted by atomic mass is 16.5. The number of fused-ring (bicyclic) bond motifs is 1. The molecule has 2 atom stereocenters. The third-order valence-electron chi connectivity index (χ3n) is 6.73. The summed E-state index contributed by atoms with van der Waals surface area (Å²) in [5.41, 5.74) is 1.58. The van der Waals surface area contributed by atoms with Gasteiger partial charge in [0.05, 0.1) is 24.2 Å². The molecule has 31 heavy (non-hydrogen) atoms. The van der Waals surface area contributed by atoms with E-state index in [1.54, 1.807) is 13.2 Å². The van der Waals surface area contributed by atoms with Crippen LogP contribution in [-0.4, -0.2) is 54.2 Å². The summed E-state index contributed by atoms with van der Waals surface area (Å²) in [6.07, 6.45) is 2.76. The third-order valence-corrected chi connectivity index (χ3v) is 6.73. The van der Waals surface area contributed by atoms with Crippen LogP contribution in [0.5, 0.6) is 0 Å². The average molecular weight is 423 g/mol. The number of carbonyl (C=O) groups is 2. The molecule has 2 aromatic rings. The van der Waals surface area contributed by atoms with Crippen LogP contribution in [0.3, 0.4) is 0 Å². The van der Waals surface area contributed by atoms with Gasteiger partial charge in [-0.2, -0.15) is 0 Å². The Labute approximate surface area is 183 Å². The normalized spacial score (nSPS) is 20.5. The molecule has 0 aromatic heterocycles. The fourth-order valence-corrected chi connectivity index (χ4v) is 5.27. The molecule has 6 nitrogen and oxygen atoms in total. The largest absolute Gasteiger partial charge is 0.387 e. The van der Waals surface area contributed by atoms with Crippen molar-refractivity contribution in [2.75, 3.05) is 26.8 Å². The number of nitrogens with zero attached hydrogens (tertiary/aromatic N) is 1. The van der Waals surface area contributed by atoms with Gasteiger partial charge in [-0.15, -0.1) is 0 Å². The Hall–Kier alpha value is -2.70. The number of amides is 2. The van der Waals surface area contributed by atoms with E-state index >= 15 is 0 Å². The van der Waals surface area contributed by atoms with Crippen LogP contribution in [0.1, 0.15) is 59.2 Å². The number of ether oxygens (including phenoxy) is 1. The molecule has 164 valence electrons. The maximum atomic E-state index is 13.6. The summed E-state index contributed by atoms with van der Waals surface area (Å²) in [6, 6.07) is 16.7. The Morgan fingerprint density at radius 3 is 2.55 bits per heavy atom. The van der Waals surface area contributed by atoms with Crippen LogP contribution in [-0.2, 0) is 9.53 Å². The van der Waals surface area contributed by atoms with Gasteiger partial charge in [0.15, 0.2) is 0 Å². The molecular weight excluding hydrogens is 392 g/mol. The monoisotopic (exact) mass is 422 g/mol. The molecule has 0 unspecified atom stereocenters. The predicted octanol–water partition coefficient (Wildman–Crippen LogP) is 3.04. The zero-order valence-electron chi connectivity index (χ0n) is 17.9. The van der Waals surface area contributed by atoms with E-state index in [2.05, 4.69) is 5.32 Å². The smallest absolute Gasteiger partial charge is 0.254 e. The lowest BCUT2D eigenvalue weighted by Crippen LogP contribution is -2.61. The molecule has 1 spiro atoms. The molecule has 0 saturated heterocycles. The minimum atomic E-state index is -0.783. The van der Waals surface area contributed by atoms with Crippen molar-refractivity contribution in [2.24, 2.45) is 0 Å². The Bertz CT molecular complexity index is 924. The van der Waals surface area contributed by atoms with Crippen molar-refractivity contribution in [2.45, 2.75) is 43.2 Å². The van der Waals surface area contributed by atoms with Crippen molar-refractivity contribution in [3.05, 3.63) is 71.3 Å². The standard InChI is InChI=1S/C25H30N2O4/c1-31-16-15-27-24(30)20-12-6-5-11-19(20)22(25(27)13-7-8-14-25)23(29)26-17-21(28)18-9-3-2-4-10-18/h2-6,9-12,21-22,28H,7-8,13-17H2,1H3,(H,26,29)/t21-,22-/m1/s1. The van der Waals surface area contributed by atoms with Crippen LogP contribution in [0, 0.1) is 0 Å². The first-order valence-corrected chi connectivity index (χ1v) is 11.0. The molecule has 2 N–H and O–H groups in total. The molecule has 2 aromatic carbocycles. The van der Waals surface area contributed by atoms with Crippen molar-refractivity contribution in [1.29, 1.82) is 0 Å². The van der Waals surface area contributed by atoms with Gasteiger partial charge < -0.3 is 20.1 Å². The maximum absolute atomic E-state index is 13.6. The highest BCUT2D eigenvalue weighted by Gasteiger charge is 2.55. The van der Waals surface area contributed by atoms with E-state index in [0.29, 0.717) is 18.7 Å². The van der Waals surface area contributed by atoms with E-state index in [1.165, 1.54) is 0 Å². The van der Waals surface area contributed by atoms with Crippen LogP contribution in [0.2, 0.25) is 0 Å². The Morgan fingerprint density at radius 2 is 1.84 bits per heavy atom. The molecule has 2 amide bonds. The first-order chi connectivity index (χ1) is 15.1. The number of methoxy groups -OCH3 is 1. The molecule has 0 radical (unpaired) electrons. The number of aliphatic hydroxyl groups excluding tert-OH is 1. The molecule has 1 fully saturated rings. The number of carbonyl (C=O) groups excluding carboxylic acids is 2. The quantitative estimate of drug-likeness (QED) is 0.719. The summed E-state index contributed by atoms with van der Waals surface area (Å²) in [6.45, 7) is 1.01.